The number of hydrogen-bond donors (Lipinski definition) is 2. The Bertz CT molecular complexity index is 614. The highest BCUT2D eigenvalue weighted by Crippen LogP contribution is 2.15. The number of halogens is 1. The molecule has 1 heterocycles. The van der Waals surface area contributed by atoms with Gasteiger partial charge in [0.15, 0.2) is 5.82 Å². The van der Waals surface area contributed by atoms with Crippen molar-refractivity contribution in [2.75, 3.05) is 13.2 Å². The van der Waals surface area contributed by atoms with Crippen LogP contribution in [-0.4, -0.2) is 33.9 Å². The number of hydrogen-bond acceptors (Lipinski definition) is 4. The van der Waals surface area contributed by atoms with E-state index in [-0.39, 0.29) is 12.1 Å². The third-order valence-corrected chi connectivity index (χ3v) is 3.20. The van der Waals surface area contributed by atoms with E-state index in [1.807, 2.05) is 14.0 Å². The quantitative estimate of drug-likeness (QED) is 0.796. The van der Waals surface area contributed by atoms with Crippen molar-refractivity contribution in [1.29, 1.82) is 0 Å². The third kappa shape index (κ3) is 4.63. The second-order valence-electron chi connectivity index (χ2n) is 4.72. The Hall–Kier alpha value is -2.28. The average molecular weight is 324 g/mol. The molecule has 0 fully saturated rings. The Balaban J connectivity index is 1.67. The molecule has 2 N–H and O–H groups in total. The van der Waals surface area contributed by atoms with Gasteiger partial charge >= 0.3 is 6.03 Å². The van der Waals surface area contributed by atoms with Crippen LogP contribution in [0.3, 0.4) is 0 Å². The van der Waals surface area contributed by atoms with E-state index in [9.17, 15) is 4.79 Å². The van der Waals surface area contributed by atoms with Gasteiger partial charge in [0, 0.05) is 12.1 Å². The number of aromatic nitrogens is 3. The molecule has 1 aromatic heterocycles. The molecule has 118 valence electrons. The summed E-state index contributed by atoms with van der Waals surface area (Å²) in [6, 6.07) is 6.54. The molecule has 1 aromatic carbocycles. The number of aryl methyl sites for hydroxylation is 1. The van der Waals surface area contributed by atoms with Crippen LogP contribution in [0.5, 0.6) is 5.75 Å². The van der Waals surface area contributed by atoms with Crippen LogP contribution in [0.1, 0.15) is 18.8 Å². The molecule has 1 atom stereocenters. The van der Waals surface area contributed by atoms with Crippen molar-refractivity contribution in [3.63, 3.8) is 0 Å². The standard InChI is InChI=1S/C14H18ClN5O2/c1-10(13-19-17-9-20(13)2)18-14(21)16-7-8-22-12-5-3-11(15)4-6-12/h3-6,9-10H,7-8H2,1-2H3,(H2,16,18,21)/t10-/m1/s1. The smallest absolute Gasteiger partial charge is 0.315 e. The van der Waals surface area contributed by atoms with Gasteiger partial charge in [0.1, 0.15) is 18.7 Å². The second-order valence-corrected chi connectivity index (χ2v) is 5.16. The van der Waals surface area contributed by atoms with Gasteiger partial charge < -0.3 is 19.9 Å². The molecule has 0 saturated carbocycles. The molecule has 2 amide bonds. The van der Waals surface area contributed by atoms with E-state index in [0.29, 0.717) is 29.7 Å². The molecule has 7 nitrogen and oxygen atoms in total. The van der Waals surface area contributed by atoms with E-state index in [0.717, 1.165) is 0 Å². The number of carbonyl (C=O) groups is 1. The molecule has 0 aliphatic rings. The molecule has 0 spiro atoms. The largest absolute Gasteiger partial charge is 0.492 e. The van der Waals surface area contributed by atoms with Crippen molar-refractivity contribution >= 4 is 17.6 Å². The lowest BCUT2D eigenvalue weighted by molar-refractivity contribution is 0.233. The van der Waals surface area contributed by atoms with Crippen LogP contribution < -0.4 is 15.4 Å². The number of rotatable bonds is 6. The van der Waals surface area contributed by atoms with Crippen LogP contribution in [0.4, 0.5) is 4.79 Å². The summed E-state index contributed by atoms with van der Waals surface area (Å²) in [6.45, 7) is 2.60. The van der Waals surface area contributed by atoms with Crippen molar-refractivity contribution in [3.8, 4) is 5.75 Å². The van der Waals surface area contributed by atoms with Gasteiger partial charge in [-0.1, -0.05) is 11.6 Å². The van der Waals surface area contributed by atoms with Crippen LogP contribution >= 0.6 is 11.6 Å². The first-order valence-electron chi connectivity index (χ1n) is 6.83. The molecule has 2 rings (SSSR count). The maximum atomic E-state index is 11.8. The molecule has 0 unspecified atom stereocenters. The zero-order valence-corrected chi connectivity index (χ0v) is 13.2. The van der Waals surface area contributed by atoms with Gasteiger partial charge in [-0.05, 0) is 31.2 Å². The molecule has 2 aromatic rings. The van der Waals surface area contributed by atoms with E-state index in [1.165, 1.54) is 0 Å². The predicted octanol–water partition coefficient (Wildman–Crippen LogP) is 1.91. The first kappa shape index (κ1) is 16.1. The van der Waals surface area contributed by atoms with Gasteiger partial charge in [0.05, 0.1) is 12.6 Å². The lowest BCUT2D eigenvalue weighted by Crippen LogP contribution is -2.39. The summed E-state index contributed by atoms with van der Waals surface area (Å²) < 4.78 is 7.24. The number of nitrogens with one attached hydrogen (secondary N) is 2. The molecule has 0 bridgehead atoms. The number of carbonyl (C=O) groups excluding carboxylic acids is 1. The number of ether oxygens (including phenoxy) is 1. The summed E-state index contributed by atoms with van der Waals surface area (Å²) in [5, 5.41) is 13.9. The number of amides is 2. The minimum Gasteiger partial charge on any atom is -0.492 e. The van der Waals surface area contributed by atoms with Crippen LogP contribution in [0.15, 0.2) is 30.6 Å². The molecule has 0 radical (unpaired) electrons. The maximum absolute atomic E-state index is 11.8. The lowest BCUT2D eigenvalue weighted by Gasteiger charge is -2.14. The minimum absolute atomic E-state index is 0.232. The van der Waals surface area contributed by atoms with Gasteiger partial charge in [0.2, 0.25) is 0 Å². The van der Waals surface area contributed by atoms with Crippen LogP contribution in [0, 0.1) is 0 Å². The minimum atomic E-state index is -0.282. The Labute approximate surface area is 133 Å². The van der Waals surface area contributed by atoms with Crippen molar-refractivity contribution in [3.05, 3.63) is 41.4 Å². The van der Waals surface area contributed by atoms with Crippen molar-refractivity contribution in [1.82, 2.24) is 25.4 Å². The molecule has 8 heteroatoms. The van der Waals surface area contributed by atoms with Gasteiger partial charge in [-0.25, -0.2) is 4.79 Å². The first-order valence-corrected chi connectivity index (χ1v) is 7.20. The van der Waals surface area contributed by atoms with E-state index < -0.39 is 0 Å². The summed E-state index contributed by atoms with van der Waals surface area (Å²) in [4.78, 5) is 11.8. The summed E-state index contributed by atoms with van der Waals surface area (Å²) in [5.41, 5.74) is 0. The molecule has 22 heavy (non-hydrogen) atoms. The number of nitrogens with zero attached hydrogens (tertiary/aromatic N) is 3. The van der Waals surface area contributed by atoms with Crippen LogP contribution in [0.25, 0.3) is 0 Å². The van der Waals surface area contributed by atoms with Gasteiger partial charge in [-0.3, -0.25) is 0 Å². The monoisotopic (exact) mass is 323 g/mol. The molecular weight excluding hydrogens is 306 g/mol. The Morgan fingerprint density at radius 2 is 2.14 bits per heavy atom. The fourth-order valence-electron chi connectivity index (χ4n) is 1.86. The van der Waals surface area contributed by atoms with Crippen molar-refractivity contribution in [2.45, 2.75) is 13.0 Å². The summed E-state index contributed by atoms with van der Waals surface area (Å²) in [6.07, 6.45) is 1.59. The summed E-state index contributed by atoms with van der Waals surface area (Å²) in [5.74, 6) is 1.40. The fraction of sp³-hybridized carbons (Fsp3) is 0.357. The second kappa shape index (κ2) is 7.65. The highest BCUT2D eigenvalue weighted by Gasteiger charge is 2.13. The predicted molar refractivity (Wildman–Crippen MR) is 82.9 cm³/mol. The highest BCUT2D eigenvalue weighted by molar-refractivity contribution is 6.30. The zero-order chi connectivity index (χ0) is 15.9. The first-order chi connectivity index (χ1) is 10.6. The normalized spacial score (nSPS) is 11.8. The number of urea groups is 1. The third-order valence-electron chi connectivity index (χ3n) is 2.95. The SMILES string of the molecule is C[C@@H](NC(=O)NCCOc1ccc(Cl)cc1)c1nncn1C. The van der Waals surface area contributed by atoms with E-state index >= 15 is 0 Å². The molecule has 0 aliphatic carbocycles. The Morgan fingerprint density at radius 3 is 2.77 bits per heavy atom. The molecule has 0 saturated heterocycles. The van der Waals surface area contributed by atoms with E-state index in [2.05, 4.69) is 20.8 Å². The van der Waals surface area contributed by atoms with Crippen molar-refractivity contribution < 1.29 is 9.53 Å². The lowest BCUT2D eigenvalue weighted by atomic mass is 10.3. The summed E-state index contributed by atoms with van der Waals surface area (Å²) >= 11 is 5.78. The van der Waals surface area contributed by atoms with Crippen molar-refractivity contribution in [2.24, 2.45) is 7.05 Å². The van der Waals surface area contributed by atoms with Crippen LogP contribution in [0.2, 0.25) is 5.02 Å². The van der Waals surface area contributed by atoms with Crippen LogP contribution in [-0.2, 0) is 7.05 Å². The fourth-order valence-corrected chi connectivity index (χ4v) is 1.99. The molecule has 0 aliphatic heterocycles. The Morgan fingerprint density at radius 1 is 1.41 bits per heavy atom. The van der Waals surface area contributed by atoms with Gasteiger partial charge in [-0.15, -0.1) is 10.2 Å². The van der Waals surface area contributed by atoms with Gasteiger partial charge in [-0.2, -0.15) is 0 Å². The van der Waals surface area contributed by atoms with Gasteiger partial charge in [0.25, 0.3) is 0 Å². The maximum Gasteiger partial charge on any atom is 0.315 e. The average Bonchev–Trinajstić information content (AvgIpc) is 2.92. The summed E-state index contributed by atoms with van der Waals surface area (Å²) in [7, 11) is 1.82. The molecular formula is C14H18ClN5O2. The van der Waals surface area contributed by atoms with E-state index in [1.54, 1.807) is 35.2 Å². The number of benzene rings is 1. The Kier molecular flexibility index (Phi) is 5.60. The highest BCUT2D eigenvalue weighted by atomic mass is 35.5. The van der Waals surface area contributed by atoms with E-state index in [4.69, 9.17) is 16.3 Å². The topological polar surface area (TPSA) is 81.1 Å². The zero-order valence-electron chi connectivity index (χ0n) is 12.4.